The first-order valence-corrected chi connectivity index (χ1v) is 8.28. The minimum Gasteiger partial charge on any atom is -0.468 e. The highest BCUT2D eigenvalue weighted by molar-refractivity contribution is 6.01. The van der Waals surface area contributed by atoms with Crippen LogP contribution in [0.5, 0.6) is 0 Å². The molecule has 2 saturated carbocycles. The summed E-state index contributed by atoms with van der Waals surface area (Å²) in [6.45, 7) is 2.18. The van der Waals surface area contributed by atoms with Gasteiger partial charge in [0.15, 0.2) is 5.41 Å². The van der Waals surface area contributed by atoms with Gasteiger partial charge in [0.1, 0.15) is 0 Å². The minimum absolute atomic E-state index is 0.105. The highest BCUT2D eigenvalue weighted by Crippen LogP contribution is 2.58. The monoisotopic (exact) mass is 296 g/mol. The molecule has 0 heterocycles. The van der Waals surface area contributed by atoms with Crippen LogP contribution in [0.15, 0.2) is 0 Å². The first kappa shape index (κ1) is 16.3. The number of fused-ring (bicyclic) bond motifs is 1. The van der Waals surface area contributed by atoms with Crippen molar-refractivity contribution in [1.29, 1.82) is 0 Å². The average molecular weight is 296 g/mol. The number of methoxy groups -OCH3 is 2. The lowest BCUT2D eigenvalue weighted by atomic mass is 9.69. The Labute approximate surface area is 127 Å². The van der Waals surface area contributed by atoms with Gasteiger partial charge in [0.05, 0.1) is 14.2 Å². The fraction of sp³-hybridized carbons (Fsp3) is 0.882. The fourth-order valence-corrected chi connectivity index (χ4v) is 4.75. The van der Waals surface area contributed by atoms with E-state index in [9.17, 15) is 9.59 Å². The molecule has 0 amide bonds. The van der Waals surface area contributed by atoms with Crippen molar-refractivity contribution in [3.8, 4) is 0 Å². The molecule has 21 heavy (non-hydrogen) atoms. The number of carbonyl (C=O) groups excluding carboxylic acids is 2. The van der Waals surface area contributed by atoms with Gasteiger partial charge >= 0.3 is 11.9 Å². The Morgan fingerprint density at radius 2 is 1.71 bits per heavy atom. The maximum absolute atomic E-state index is 12.5. The van der Waals surface area contributed by atoms with Crippen molar-refractivity contribution < 1.29 is 19.1 Å². The van der Waals surface area contributed by atoms with E-state index in [2.05, 4.69) is 6.92 Å². The fourth-order valence-electron chi connectivity index (χ4n) is 4.75. The number of hydrogen-bond acceptors (Lipinski definition) is 4. The van der Waals surface area contributed by atoms with E-state index in [1.165, 1.54) is 20.6 Å². The van der Waals surface area contributed by atoms with E-state index in [1.54, 1.807) is 0 Å². The Morgan fingerprint density at radius 3 is 2.29 bits per heavy atom. The van der Waals surface area contributed by atoms with Crippen LogP contribution in [0.25, 0.3) is 0 Å². The molecule has 0 saturated heterocycles. The molecule has 3 unspecified atom stereocenters. The second kappa shape index (κ2) is 6.80. The molecule has 0 bridgehead atoms. The van der Waals surface area contributed by atoms with Crippen molar-refractivity contribution in [3.63, 3.8) is 0 Å². The molecule has 3 atom stereocenters. The highest BCUT2D eigenvalue weighted by atomic mass is 16.5. The van der Waals surface area contributed by atoms with Gasteiger partial charge < -0.3 is 9.47 Å². The van der Waals surface area contributed by atoms with Crippen molar-refractivity contribution in [3.05, 3.63) is 0 Å². The highest BCUT2D eigenvalue weighted by Gasteiger charge is 2.63. The molecule has 0 N–H and O–H groups in total. The zero-order chi connectivity index (χ0) is 15.5. The van der Waals surface area contributed by atoms with Crippen LogP contribution < -0.4 is 0 Å². The van der Waals surface area contributed by atoms with Gasteiger partial charge in [-0.3, -0.25) is 9.59 Å². The molecule has 0 aromatic heterocycles. The molecular formula is C17H28O4. The van der Waals surface area contributed by atoms with Gasteiger partial charge in [-0.25, -0.2) is 0 Å². The van der Waals surface area contributed by atoms with Crippen LogP contribution in [0.4, 0.5) is 0 Å². The van der Waals surface area contributed by atoms with E-state index in [0.717, 1.165) is 38.5 Å². The quantitative estimate of drug-likeness (QED) is 0.577. The van der Waals surface area contributed by atoms with Crippen LogP contribution in [0.1, 0.15) is 58.3 Å². The Kier molecular flexibility index (Phi) is 5.28. The van der Waals surface area contributed by atoms with Crippen molar-refractivity contribution in [2.75, 3.05) is 14.2 Å². The molecule has 2 aliphatic carbocycles. The van der Waals surface area contributed by atoms with Gasteiger partial charge in [-0.2, -0.15) is 0 Å². The SMILES string of the molecule is CCCCC1CC(C(=O)OC)(C(=O)OC)C2CCCCC12. The zero-order valence-corrected chi connectivity index (χ0v) is 13.5. The number of carbonyl (C=O) groups is 2. The van der Waals surface area contributed by atoms with E-state index in [-0.39, 0.29) is 17.9 Å². The predicted octanol–water partition coefficient (Wildman–Crippen LogP) is 3.34. The minimum atomic E-state index is -1.05. The van der Waals surface area contributed by atoms with Gasteiger partial charge in [0, 0.05) is 0 Å². The lowest BCUT2D eigenvalue weighted by Crippen LogP contribution is -2.46. The number of esters is 2. The van der Waals surface area contributed by atoms with Gasteiger partial charge in [-0.05, 0) is 37.0 Å². The number of hydrogen-bond donors (Lipinski definition) is 0. The second-order valence-electron chi connectivity index (χ2n) is 6.62. The molecule has 2 aliphatic rings. The molecule has 2 rings (SSSR count). The molecule has 2 fully saturated rings. The van der Waals surface area contributed by atoms with E-state index in [4.69, 9.17) is 9.47 Å². The summed E-state index contributed by atoms with van der Waals surface area (Å²) in [5, 5.41) is 0. The average Bonchev–Trinajstić information content (AvgIpc) is 2.87. The zero-order valence-electron chi connectivity index (χ0n) is 13.5. The van der Waals surface area contributed by atoms with E-state index in [0.29, 0.717) is 18.3 Å². The molecule has 0 spiro atoms. The van der Waals surface area contributed by atoms with E-state index >= 15 is 0 Å². The molecule has 0 aromatic carbocycles. The van der Waals surface area contributed by atoms with Crippen LogP contribution in [-0.4, -0.2) is 26.2 Å². The smallest absolute Gasteiger partial charge is 0.323 e. The van der Waals surface area contributed by atoms with Crippen LogP contribution in [0.3, 0.4) is 0 Å². The third kappa shape index (κ3) is 2.69. The topological polar surface area (TPSA) is 52.6 Å². The van der Waals surface area contributed by atoms with Gasteiger partial charge in [0.25, 0.3) is 0 Å². The van der Waals surface area contributed by atoms with Crippen molar-refractivity contribution in [2.24, 2.45) is 23.2 Å². The summed E-state index contributed by atoms with van der Waals surface area (Å²) in [7, 11) is 2.76. The van der Waals surface area contributed by atoms with Crippen LogP contribution >= 0.6 is 0 Å². The molecule has 0 aliphatic heterocycles. The summed E-state index contributed by atoms with van der Waals surface area (Å²) in [6.07, 6.45) is 8.41. The van der Waals surface area contributed by atoms with Gasteiger partial charge in [0.2, 0.25) is 0 Å². The van der Waals surface area contributed by atoms with E-state index in [1.807, 2.05) is 0 Å². The summed E-state index contributed by atoms with van der Waals surface area (Å²) >= 11 is 0. The van der Waals surface area contributed by atoms with Crippen LogP contribution in [0, 0.1) is 23.2 Å². The number of unbranched alkanes of at least 4 members (excludes halogenated alkanes) is 1. The lowest BCUT2D eigenvalue weighted by molar-refractivity contribution is -0.173. The van der Waals surface area contributed by atoms with Crippen molar-refractivity contribution in [1.82, 2.24) is 0 Å². The first-order chi connectivity index (χ1) is 10.1. The molecule has 120 valence electrons. The Bertz CT molecular complexity index is 374. The molecule has 0 aromatic rings. The maximum Gasteiger partial charge on any atom is 0.323 e. The summed E-state index contributed by atoms with van der Waals surface area (Å²) in [6, 6.07) is 0. The maximum atomic E-state index is 12.5. The predicted molar refractivity (Wildman–Crippen MR) is 79.5 cm³/mol. The summed E-state index contributed by atoms with van der Waals surface area (Å²) in [5.41, 5.74) is -1.05. The third-order valence-electron chi connectivity index (χ3n) is 5.67. The van der Waals surface area contributed by atoms with Crippen molar-refractivity contribution >= 4 is 11.9 Å². The Balaban J connectivity index is 2.34. The van der Waals surface area contributed by atoms with Crippen molar-refractivity contribution in [2.45, 2.75) is 58.3 Å². The summed E-state index contributed by atoms with van der Waals surface area (Å²) in [5.74, 6) is 0.264. The summed E-state index contributed by atoms with van der Waals surface area (Å²) in [4.78, 5) is 25.0. The number of rotatable bonds is 5. The normalized spacial score (nSPS) is 30.5. The largest absolute Gasteiger partial charge is 0.468 e. The standard InChI is InChI=1S/C17H28O4/c1-4-5-8-12-11-17(15(18)20-2,16(19)21-3)14-10-7-6-9-13(12)14/h12-14H,4-11H2,1-3H3. The Hall–Kier alpha value is -1.06. The van der Waals surface area contributed by atoms with E-state index < -0.39 is 5.41 Å². The molecule has 4 nitrogen and oxygen atoms in total. The molecule has 4 heteroatoms. The molecular weight excluding hydrogens is 268 g/mol. The Morgan fingerprint density at radius 1 is 1.10 bits per heavy atom. The van der Waals surface area contributed by atoms with Gasteiger partial charge in [-0.1, -0.05) is 39.0 Å². The second-order valence-corrected chi connectivity index (χ2v) is 6.62. The number of ether oxygens (including phenoxy) is 2. The first-order valence-electron chi connectivity index (χ1n) is 8.28. The van der Waals surface area contributed by atoms with Gasteiger partial charge in [-0.15, -0.1) is 0 Å². The third-order valence-corrected chi connectivity index (χ3v) is 5.67. The van der Waals surface area contributed by atoms with Crippen LogP contribution in [0.2, 0.25) is 0 Å². The molecule has 0 radical (unpaired) electrons. The summed E-state index contributed by atoms with van der Waals surface area (Å²) < 4.78 is 10.0. The van der Waals surface area contributed by atoms with Crippen LogP contribution in [-0.2, 0) is 19.1 Å². The lowest BCUT2D eigenvalue weighted by Gasteiger charge is -2.35.